The second kappa shape index (κ2) is 5.60. The first-order valence-electron chi connectivity index (χ1n) is 6.66. The van der Waals surface area contributed by atoms with Crippen molar-refractivity contribution >= 4 is 10.0 Å². The average Bonchev–Trinajstić information content (AvgIpc) is 2.88. The fraction of sp³-hybridized carbons (Fsp3) is 0.750. The number of morpholine rings is 1. The first kappa shape index (κ1) is 14.5. The highest BCUT2D eigenvalue weighted by molar-refractivity contribution is 7.89. The second-order valence-electron chi connectivity index (χ2n) is 4.83. The normalized spacial score (nSPS) is 25.6. The highest BCUT2D eigenvalue weighted by Crippen LogP contribution is 2.23. The van der Waals surface area contributed by atoms with Gasteiger partial charge in [0.05, 0.1) is 18.9 Å². The molecule has 2 unspecified atom stereocenters. The first-order valence-corrected chi connectivity index (χ1v) is 8.10. The zero-order chi connectivity index (χ0) is 14.0. The molecule has 19 heavy (non-hydrogen) atoms. The molecule has 2 atom stereocenters. The van der Waals surface area contributed by atoms with Crippen LogP contribution in [0, 0.1) is 0 Å². The fourth-order valence-electron chi connectivity index (χ4n) is 2.21. The Morgan fingerprint density at radius 3 is 2.84 bits per heavy atom. The maximum Gasteiger partial charge on any atom is 0.260 e. The number of aryl methyl sites for hydroxylation is 1. The highest BCUT2D eigenvalue weighted by atomic mass is 32.2. The summed E-state index contributed by atoms with van der Waals surface area (Å²) < 4.78 is 32.3. The molecule has 0 aliphatic carbocycles. The molecule has 0 aromatic carbocycles. The van der Waals surface area contributed by atoms with Crippen LogP contribution in [0.15, 0.2) is 11.2 Å². The van der Waals surface area contributed by atoms with E-state index < -0.39 is 10.0 Å². The van der Waals surface area contributed by atoms with Crippen molar-refractivity contribution in [3.05, 3.63) is 12.0 Å². The number of rotatable bonds is 4. The number of hydrogen-bond acceptors (Lipinski definition) is 4. The maximum atomic E-state index is 12.6. The van der Waals surface area contributed by atoms with E-state index in [2.05, 4.69) is 9.97 Å². The van der Waals surface area contributed by atoms with Crippen LogP contribution in [0.3, 0.4) is 0 Å². The topological polar surface area (TPSA) is 75.3 Å². The number of ether oxygens (including phenoxy) is 1. The van der Waals surface area contributed by atoms with E-state index in [-0.39, 0.29) is 17.2 Å². The van der Waals surface area contributed by atoms with Crippen LogP contribution in [-0.4, -0.2) is 48.0 Å². The van der Waals surface area contributed by atoms with Crippen molar-refractivity contribution in [3.8, 4) is 0 Å². The molecule has 6 nitrogen and oxygen atoms in total. The SMILES string of the molecule is CCc1ncc(S(=O)(=O)N2CC(C)OCC2CC)[nH]1. The number of aromatic nitrogens is 2. The van der Waals surface area contributed by atoms with Gasteiger partial charge in [-0.15, -0.1) is 0 Å². The molecule has 0 amide bonds. The minimum absolute atomic E-state index is 0.0776. The van der Waals surface area contributed by atoms with E-state index in [0.717, 1.165) is 6.42 Å². The molecule has 1 aliphatic rings. The van der Waals surface area contributed by atoms with Crippen molar-refractivity contribution in [2.45, 2.75) is 50.8 Å². The Hall–Kier alpha value is -0.920. The molecule has 0 bridgehead atoms. The van der Waals surface area contributed by atoms with Gasteiger partial charge in [0.2, 0.25) is 0 Å². The Labute approximate surface area is 114 Å². The Morgan fingerprint density at radius 1 is 1.53 bits per heavy atom. The molecule has 1 aliphatic heterocycles. The lowest BCUT2D eigenvalue weighted by Gasteiger charge is -2.36. The van der Waals surface area contributed by atoms with Gasteiger partial charge in [-0.3, -0.25) is 0 Å². The second-order valence-corrected chi connectivity index (χ2v) is 6.69. The van der Waals surface area contributed by atoms with E-state index >= 15 is 0 Å². The molecule has 0 radical (unpaired) electrons. The molecule has 0 spiro atoms. The smallest absolute Gasteiger partial charge is 0.260 e. The van der Waals surface area contributed by atoms with E-state index in [4.69, 9.17) is 4.74 Å². The maximum absolute atomic E-state index is 12.6. The lowest BCUT2D eigenvalue weighted by atomic mass is 10.2. The van der Waals surface area contributed by atoms with Gasteiger partial charge in [0.25, 0.3) is 10.0 Å². The van der Waals surface area contributed by atoms with E-state index in [1.165, 1.54) is 10.5 Å². The molecule has 7 heteroatoms. The van der Waals surface area contributed by atoms with Crippen LogP contribution >= 0.6 is 0 Å². The van der Waals surface area contributed by atoms with Gasteiger partial charge in [-0.1, -0.05) is 13.8 Å². The monoisotopic (exact) mass is 287 g/mol. The van der Waals surface area contributed by atoms with Crippen LogP contribution in [0.25, 0.3) is 0 Å². The van der Waals surface area contributed by atoms with E-state index in [9.17, 15) is 8.42 Å². The van der Waals surface area contributed by atoms with Crippen molar-refractivity contribution in [1.82, 2.24) is 14.3 Å². The fourth-order valence-corrected chi connectivity index (χ4v) is 3.90. The van der Waals surface area contributed by atoms with Crippen LogP contribution in [-0.2, 0) is 21.2 Å². The van der Waals surface area contributed by atoms with Crippen LogP contribution in [0.5, 0.6) is 0 Å². The van der Waals surface area contributed by atoms with Crippen molar-refractivity contribution in [2.75, 3.05) is 13.2 Å². The summed E-state index contributed by atoms with van der Waals surface area (Å²) in [7, 11) is -3.51. The zero-order valence-electron chi connectivity index (χ0n) is 11.6. The number of imidazole rings is 1. The number of H-pyrrole nitrogens is 1. The Morgan fingerprint density at radius 2 is 2.26 bits per heavy atom. The summed E-state index contributed by atoms with van der Waals surface area (Å²) >= 11 is 0. The summed E-state index contributed by atoms with van der Waals surface area (Å²) in [4.78, 5) is 6.95. The zero-order valence-corrected chi connectivity index (χ0v) is 12.4. The minimum Gasteiger partial charge on any atom is -0.375 e. The summed E-state index contributed by atoms with van der Waals surface area (Å²) in [6, 6.07) is -0.102. The molecule has 2 rings (SSSR count). The van der Waals surface area contributed by atoms with Gasteiger partial charge in [-0.2, -0.15) is 4.31 Å². The third-order valence-electron chi connectivity index (χ3n) is 3.42. The predicted octanol–water partition coefficient (Wildman–Crippen LogP) is 1.16. The molecular weight excluding hydrogens is 266 g/mol. The van der Waals surface area contributed by atoms with Gasteiger partial charge in [-0.05, 0) is 13.3 Å². The number of aromatic amines is 1. The molecule has 1 fully saturated rings. The molecule has 1 N–H and O–H groups in total. The number of nitrogens with zero attached hydrogens (tertiary/aromatic N) is 2. The van der Waals surface area contributed by atoms with Crippen molar-refractivity contribution in [1.29, 1.82) is 0 Å². The van der Waals surface area contributed by atoms with E-state index in [1.807, 2.05) is 20.8 Å². The third kappa shape index (κ3) is 2.82. The van der Waals surface area contributed by atoms with Crippen LogP contribution < -0.4 is 0 Å². The Balaban J connectivity index is 2.30. The molecule has 1 aromatic rings. The largest absolute Gasteiger partial charge is 0.375 e. The molecule has 0 saturated carbocycles. The van der Waals surface area contributed by atoms with E-state index in [0.29, 0.717) is 25.4 Å². The van der Waals surface area contributed by atoms with Gasteiger partial charge >= 0.3 is 0 Å². The summed E-state index contributed by atoms with van der Waals surface area (Å²) in [5, 5.41) is 0.178. The lowest BCUT2D eigenvalue weighted by molar-refractivity contribution is -0.0231. The highest BCUT2D eigenvalue weighted by Gasteiger charge is 2.36. The van der Waals surface area contributed by atoms with Crippen molar-refractivity contribution in [3.63, 3.8) is 0 Å². The Bertz CT molecular complexity index is 526. The molecular formula is C12H21N3O3S. The van der Waals surface area contributed by atoms with Crippen LogP contribution in [0.2, 0.25) is 0 Å². The van der Waals surface area contributed by atoms with Crippen molar-refractivity contribution < 1.29 is 13.2 Å². The van der Waals surface area contributed by atoms with Crippen LogP contribution in [0.1, 0.15) is 33.0 Å². The summed E-state index contributed by atoms with van der Waals surface area (Å²) in [6.45, 7) is 6.63. The number of sulfonamides is 1. The third-order valence-corrected chi connectivity index (χ3v) is 5.24. The summed E-state index contributed by atoms with van der Waals surface area (Å²) in [5.74, 6) is 0.688. The lowest BCUT2D eigenvalue weighted by Crippen LogP contribution is -2.51. The number of hydrogen-bond donors (Lipinski definition) is 1. The minimum atomic E-state index is -3.51. The molecule has 2 heterocycles. The van der Waals surface area contributed by atoms with Gasteiger partial charge < -0.3 is 9.72 Å². The van der Waals surface area contributed by atoms with Gasteiger partial charge in [0.1, 0.15) is 5.82 Å². The van der Waals surface area contributed by atoms with E-state index in [1.54, 1.807) is 0 Å². The van der Waals surface area contributed by atoms with Crippen LogP contribution in [0.4, 0.5) is 0 Å². The van der Waals surface area contributed by atoms with Gasteiger partial charge in [0, 0.05) is 19.0 Å². The summed E-state index contributed by atoms with van der Waals surface area (Å²) in [5.41, 5.74) is 0. The Kier molecular flexibility index (Phi) is 4.27. The number of nitrogens with one attached hydrogen (secondary N) is 1. The summed E-state index contributed by atoms with van der Waals surface area (Å²) in [6.07, 6.45) is 2.75. The van der Waals surface area contributed by atoms with Gasteiger partial charge in [-0.25, -0.2) is 13.4 Å². The average molecular weight is 287 g/mol. The standard InChI is InChI=1S/C12H21N3O3S/c1-4-10-8-18-9(3)7-15(10)19(16,17)12-6-13-11(5-2)14-12/h6,9-10H,4-5,7-8H2,1-3H3,(H,13,14). The molecule has 108 valence electrons. The molecule has 1 saturated heterocycles. The predicted molar refractivity (Wildman–Crippen MR) is 71.4 cm³/mol. The van der Waals surface area contributed by atoms with Crippen molar-refractivity contribution in [2.24, 2.45) is 0 Å². The first-order chi connectivity index (χ1) is 8.98. The molecule has 1 aromatic heterocycles. The quantitative estimate of drug-likeness (QED) is 0.901. The van der Waals surface area contributed by atoms with Gasteiger partial charge in [0.15, 0.2) is 5.03 Å².